The highest BCUT2D eigenvalue weighted by atomic mass is 16.5. The number of carbonyl (C=O) groups excluding carboxylic acids is 1. The van der Waals surface area contributed by atoms with Gasteiger partial charge in [0.2, 0.25) is 0 Å². The summed E-state index contributed by atoms with van der Waals surface area (Å²) >= 11 is 0. The molecule has 4 rings (SSSR count). The van der Waals surface area contributed by atoms with Crippen LogP contribution >= 0.6 is 0 Å². The summed E-state index contributed by atoms with van der Waals surface area (Å²) in [4.78, 5) is 16.9. The van der Waals surface area contributed by atoms with E-state index in [1.54, 1.807) is 6.07 Å². The molecule has 1 heterocycles. The van der Waals surface area contributed by atoms with Gasteiger partial charge in [0.25, 0.3) is 0 Å². The highest BCUT2D eigenvalue weighted by Crippen LogP contribution is 2.31. The van der Waals surface area contributed by atoms with Crippen LogP contribution in [0.5, 0.6) is 11.5 Å². The Balaban J connectivity index is 1.32. The average molecular weight is 471 g/mol. The molecule has 0 aliphatic rings. The van der Waals surface area contributed by atoms with E-state index in [0.29, 0.717) is 23.5 Å². The highest BCUT2D eigenvalue weighted by molar-refractivity contribution is 5.83. The molecular formula is C30H34N2O3. The van der Waals surface area contributed by atoms with Crippen molar-refractivity contribution in [3.8, 4) is 22.9 Å². The smallest absolute Gasteiger partial charge is 0.141 e. The van der Waals surface area contributed by atoms with E-state index in [4.69, 9.17) is 9.72 Å². The van der Waals surface area contributed by atoms with Crippen LogP contribution in [0.3, 0.4) is 0 Å². The first-order valence-electron chi connectivity index (χ1n) is 12.4. The molecule has 0 fully saturated rings. The summed E-state index contributed by atoms with van der Waals surface area (Å²) < 4.78 is 8.27. The number of nitrogens with zero attached hydrogens (tertiary/aromatic N) is 2. The molecule has 0 bridgehead atoms. The molecule has 1 aromatic heterocycles. The van der Waals surface area contributed by atoms with Gasteiger partial charge in [-0.3, -0.25) is 4.79 Å². The Kier molecular flexibility index (Phi) is 7.86. The minimum atomic E-state index is -0.0466. The van der Waals surface area contributed by atoms with Gasteiger partial charge in [-0.2, -0.15) is 0 Å². The SMILES string of the molecule is Cc1c(OCCCCCn2c(-c3ccccc3)nc3ccccc32)ccc(CC(=O)C(C)C)c1O. The monoisotopic (exact) mass is 470 g/mol. The number of ether oxygens (including phenoxy) is 1. The van der Waals surface area contributed by atoms with Crippen LogP contribution in [0.15, 0.2) is 66.7 Å². The predicted molar refractivity (Wildman–Crippen MR) is 141 cm³/mol. The number of aryl methyl sites for hydroxylation is 1. The number of fused-ring (bicyclic) bond motifs is 1. The topological polar surface area (TPSA) is 64.4 Å². The molecule has 0 unspecified atom stereocenters. The fraction of sp³-hybridized carbons (Fsp3) is 0.333. The van der Waals surface area contributed by atoms with Gasteiger partial charge in [-0.05, 0) is 44.4 Å². The minimum Gasteiger partial charge on any atom is -0.507 e. The van der Waals surface area contributed by atoms with Crippen molar-refractivity contribution in [2.24, 2.45) is 5.92 Å². The molecule has 0 radical (unpaired) electrons. The first-order chi connectivity index (χ1) is 17.0. The Morgan fingerprint density at radius 2 is 1.71 bits per heavy atom. The maximum Gasteiger partial charge on any atom is 0.141 e. The molecule has 5 nitrogen and oxygen atoms in total. The van der Waals surface area contributed by atoms with E-state index in [-0.39, 0.29) is 23.9 Å². The number of para-hydroxylation sites is 2. The first-order valence-corrected chi connectivity index (χ1v) is 12.4. The zero-order valence-corrected chi connectivity index (χ0v) is 20.8. The van der Waals surface area contributed by atoms with Crippen molar-refractivity contribution < 1.29 is 14.6 Å². The Morgan fingerprint density at radius 1 is 0.971 bits per heavy atom. The molecule has 0 amide bonds. The summed E-state index contributed by atoms with van der Waals surface area (Å²) in [5.74, 6) is 1.92. The van der Waals surface area contributed by atoms with Crippen molar-refractivity contribution in [2.75, 3.05) is 6.61 Å². The molecule has 0 aliphatic heterocycles. The molecule has 0 aliphatic carbocycles. The van der Waals surface area contributed by atoms with Gasteiger partial charge in [0.05, 0.1) is 17.6 Å². The van der Waals surface area contributed by atoms with Crippen molar-refractivity contribution in [1.29, 1.82) is 0 Å². The molecule has 35 heavy (non-hydrogen) atoms. The zero-order valence-electron chi connectivity index (χ0n) is 20.8. The number of phenols is 1. The lowest BCUT2D eigenvalue weighted by Gasteiger charge is -2.14. The number of unbranched alkanes of at least 4 members (excludes halogenated alkanes) is 2. The number of ketones is 1. The number of benzene rings is 3. The largest absolute Gasteiger partial charge is 0.507 e. The number of hydrogen-bond donors (Lipinski definition) is 1. The number of Topliss-reactive ketones (excluding diaryl/α,β-unsaturated/α-hetero) is 1. The number of imidazole rings is 1. The van der Waals surface area contributed by atoms with Gasteiger partial charge in [0.1, 0.15) is 23.1 Å². The molecule has 1 N–H and O–H groups in total. The van der Waals surface area contributed by atoms with Gasteiger partial charge in [0.15, 0.2) is 0 Å². The second-order valence-electron chi connectivity index (χ2n) is 9.35. The molecule has 5 heteroatoms. The second-order valence-corrected chi connectivity index (χ2v) is 9.35. The zero-order chi connectivity index (χ0) is 24.8. The summed E-state index contributed by atoms with van der Waals surface area (Å²) in [5, 5.41) is 10.5. The molecule has 4 aromatic rings. The molecule has 0 saturated carbocycles. The van der Waals surface area contributed by atoms with Crippen molar-refractivity contribution in [1.82, 2.24) is 9.55 Å². The quantitative estimate of drug-likeness (QED) is 0.247. The van der Waals surface area contributed by atoms with Crippen LogP contribution in [0, 0.1) is 12.8 Å². The van der Waals surface area contributed by atoms with Gasteiger partial charge < -0.3 is 14.4 Å². The van der Waals surface area contributed by atoms with E-state index < -0.39 is 0 Å². The summed E-state index contributed by atoms with van der Waals surface area (Å²) in [6.07, 6.45) is 3.20. The van der Waals surface area contributed by atoms with Crippen molar-refractivity contribution >= 4 is 16.8 Å². The lowest BCUT2D eigenvalue weighted by atomic mass is 9.98. The Bertz CT molecular complexity index is 1290. The average Bonchev–Trinajstić information content (AvgIpc) is 3.24. The number of hydrogen-bond acceptors (Lipinski definition) is 4. The molecular weight excluding hydrogens is 436 g/mol. The lowest BCUT2D eigenvalue weighted by molar-refractivity contribution is -0.121. The van der Waals surface area contributed by atoms with Crippen LogP contribution in [-0.4, -0.2) is 27.0 Å². The molecule has 0 spiro atoms. The first kappa shape index (κ1) is 24.5. The minimum absolute atomic E-state index is 0.0466. The molecule has 182 valence electrons. The Morgan fingerprint density at radius 3 is 2.49 bits per heavy atom. The third-order valence-corrected chi connectivity index (χ3v) is 6.44. The second kappa shape index (κ2) is 11.2. The van der Waals surface area contributed by atoms with E-state index in [2.05, 4.69) is 34.9 Å². The van der Waals surface area contributed by atoms with Crippen LogP contribution in [-0.2, 0) is 17.8 Å². The van der Waals surface area contributed by atoms with Crippen LogP contribution in [0.25, 0.3) is 22.4 Å². The Hall–Kier alpha value is -3.60. The summed E-state index contributed by atoms with van der Waals surface area (Å²) in [5.41, 5.74) is 4.65. The van der Waals surface area contributed by atoms with Gasteiger partial charge in [-0.15, -0.1) is 0 Å². The summed E-state index contributed by atoms with van der Waals surface area (Å²) in [7, 11) is 0. The number of aromatic hydroxyl groups is 1. The summed E-state index contributed by atoms with van der Waals surface area (Å²) in [6.45, 7) is 7.07. The lowest BCUT2D eigenvalue weighted by Crippen LogP contribution is -2.10. The van der Waals surface area contributed by atoms with Crippen LogP contribution in [0.1, 0.15) is 44.2 Å². The third kappa shape index (κ3) is 5.73. The van der Waals surface area contributed by atoms with Crippen LogP contribution < -0.4 is 4.74 Å². The van der Waals surface area contributed by atoms with Gasteiger partial charge in [-0.25, -0.2) is 4.98 Å². The standard InChI is InChI=1S/C30H34N2O3/c1-21(2)27(33)20-24-16-17-28(22(3)29(24)34)35-19-11-5-10-18-32-26-15-9-8-14-25(26)31-30(32)23-12-6-4-7-13-23/h4,6-9,12-17,21,34H,5,10-11,18-20H2,1-3H3. The molecule has 3 aromatic carbocycles. The van der Waals surface area contributed by atoms with Crippen molar-refractivity contribution in [3.05, 3.63) is 77.9 Å². The number of phenolic OH excluding ortho intramolecular Hbond substituents is 1. The maximum absolute atomic E-state index is 12.0. The fourth-order valence-corrected chi connectivity index (χ4v) is 4.27. The van der Waals surface area contributed by atoms with E-state index in [0.717, 1.165) is 48.2 Å². The van der Waals surface area contributed by atoms with Gasteiger partial charge in [-0.1, -0.05) is 62.4 Å². The molecule has 0 saturated heterocycles. The van der Waals surface area contributed by atoms with E-state index >= 15 is 0 Å². The Labute approximate surface area is 207 Å². The highest BCUT2D eigenvalue weighted by Gasteiger charge is 2.15. The normalized spacial score (nSPS) is 11.3. The van der Waals surface area contributed by atoms with Crippen LogP contribution in [0.4, 0.5) is 0 Å². The fourth-order valence-electron chi connectivity index (χ4n) is 4.27. The number of carbonyl (C=O) groups is 1. The van der Waals surface area contributed by atoms with E-state index in [1.807, 2.05) is 51.1 Å². The third-order valence-electron chi connectivity index (χ3n) is 6.44. The van der Waals surface area contributed by atoms with Crippen molar-refractivity contribution in [2.45, 2.75) is 53.0 Å². The maximum atomic E-state index is 12.0. The van der Waals surface area contributed by atoms with Crippen LogP contribution in [0.2, 0.25) is 0 Å². The van der Waals surface area contributed by atoms with Crippen molar-refractivity contribution in [3.63, 3.8) is 0 Å². The van der Waals surface area contributed by atoms with Gasteiger partial charge >= 0.3 is 0 Å². The number of aromatic nitrogens is 2. The van der Waals surface area contributed by atoms with E-state index in [1.165, 1.54) is 0 Å². The van der Waals surface area contributed by atoms with E-state index in [9.17, 15) is 9.90 Å². The summed E-state index contributed by atoms with van der Waals surface area (Å²) in [6, 6.07) is 22.3. The predicted octanol–water partition coefficient (Wildman–Crippen LogP) is 6.73. The number of rotatable bonds is 11. The van der Waals surface area contributed by atoms with Gasteiger partial charge in [0, 0.05) is 35.6 Å². The molecule has 0 atom stereocenters.